The second-order valence-corrected chi connectivity index (χ2v) is 4.89. The highest BCUT2D eigenvalue weighted by Gasteiger charge is 2.20. The molecule has 98 valence electrons. The molecule has 0 aromatic heterocycles. The molecule has 18 heavy (non-hydrogen) atoms. The Kier molecular flexibility index (Phi) is 4.76. The van der Waals surface area contributed by atoms with Crippen molar-refractivity contribution in [1.82, 2.24) is 5.32 Å². The molecule has 1 N–H and O–H groups in total. The molecule has 1 fully saturated rings. The summed E-state index contributed by atoms with van der Waals surface area (Å²) in [6, 6.07) is 10.0. The van der Waals surface area contributed by atoms with Crippen LogP contribution in [0.2, 0.25) is 0 Å². The molecule has 2 rings (SSSR count). The van der Waals surface area contributed by atoms with Gasteiger partial charge in [-0.25, -0.2) is 0 Å². The first-order chi connectivity index (χ1) is 8.81. The van der Waals surface area contributed by atoms with Crippen LogP contribution in [0, 0.1) is 5.92 Å². The summed E-state index contributed by atoms with van der Waals surface area (Å²) in [4.78, 5) is 14.1. The number of rotatable bonds is 4. The monoisotopic (exact) mass is 246 g/mol. The molecule has 3 nitrogen and oxygen atoms in total. The number of carbonyl (C=O) groups excluding carboxylic acids is 1. The molecule has 0 aliphatic carbocycles. The number of piperidine rings is 1. The summed E-state index contributed by atoms with van der Waals surface area (Å²) in [6.07, 6.45) is 2.90. The number of hydrogen-bond donors (Lipinski definition) is 1. The van der Waals surface area contributed by atoms with Crippen molar-refractivity contribution in [1.29, 1.82) is 0 Å². The molecule has 1 saturated heterocycles. The Labute approximate surface area is 109 Å². The van der Waals surface area contributed by atoms with E-state index in [1.165, 1.54) is 12.8 Å². The largest absolute Gasteiger partial charge is 0.317 e. The van der Waals surface area contributed by atoms with Crippen LogP contribution in [0.5, 0.6) is 0 Å². The first-order valence-corrected chi connectivity index (χ1v) is 6.87. The predicted molar refractivity (Wildman–Crippen MR) is 74.7 cm³/mol. The summed E-state index contributed by atoms with van der Waals surface area (Å²) in [5, 5.41) is 3.37. The minimum Gasteiger partial charge on any atom is -0.317 e. The molecule has 0 radical (unpaired) electrons. The minimum atomic E-state index is 0.222. The van der Waals surface area contributed by atoms with Gasteiger partial charge in [0.05, 0.1) is 0 Å². The maximum atomic E-state index is 12.1. The van der Waals surface area contributed by atoms with Crippen LogP contribution in [-0.2, 0) is 4.79 Å². The van der Waals surface area contributed by atoms with Gasteiger partial charge in [-0.05, 0) is 44.0 Å². The van der Waals surface area contributed by atoms with Crippen LogP contribution in [0.3, 0.4) is 0 Å². The second kappa shape index (κ2) is 6.55. The molecular weight excluding hydrogens is 224 g/mol. The van der Waals surface area contributed by atoms with E-state index in [1.54, 1.807) is 0 Å². The van der Waals surface area contributed by atoms with Crippen LogP contribution in [0.1, 0.15) is 26.2 Å². The minimum absolute atomic E-state index is 0.222. The molecule has 0 atom stereocenters. The number of nitrogens with one attached hydrogen (secondary N) is 1. The molecule has 1 aliphatic rings. The highest BCUT2D eigenvalue weighted by molar-refractivity contribution is 5.93. The summed E-state index contributed by atoms with van der Waals surface area (Å²) < 4.78 is 0. The van der Waals surface area contributed by atoms with Gasteiger partial charge < -0.3 is 10.2 Å². The van der Waals surface area contributed by atoms with E-state index < -0.39 is 0 Å². The molecule has 1 heterocycles. The predicted octanol–water partition coefficient (Wildman–Crippen LogP) is 2.43. The topological polar surface area (TPSA) is 32.3 Å². The van der Waals surface area contributed by atoms with Gasteiger partial charge in [-0.2, -0.15) is 0 Å². The maximum absolute atomic E-state index is 12.1. The van der Waals surface area contributed by atoms with Crippen molar-refractivity contribution in [3.05, 3.63) is 30.3 Å². The van der Waals surface area contributed by atoms with Gasteiger partial charge >= 0.3 is 0 Å². The molecule has 1 aromatic carbocycles. The van der Waals surface area contributed by atoms with Crippen LogP contribution in [0.25, 0.3) is 0 Å². The van der Waals surface area contributed by atoms with Gasteiger partial charge in [0.2, 0.25) is 5.91 Å². The van der Waals surface area contributed by atoms with E-state index in [0.29, 0.717) is 12.3 Å². The molecular formula is C15H22N2O. The Morgan fingerprint density at radius 2 is 1.94 bits per heavy atom. The van der Waals surface area contributed by atoms with E-state index in [4.69, 9.17) is 0 Å². The zero-order valence-corrected chi connectivity index (χ0v) is 11.1. The fourth-order valence-corrected chi connectivity index (χ4v) is 2.47. The fraction of sp³-hybridized carbons (Fsp3) is 0.533. The zero-order valence-electron chi connectivity index (χ0n) is 11.1. The van der Waals surface area contributed by atoms with Crippen LogP contribution in [-0.4, -0.2) is 25.5 Å². The number of hydrogen-bond acceptors (Lipinski definition) is 2. The summed E-state index contributed by atoms with van der Waals surface area (Å²) >= 11 is 0. The van der Waals surface area contributed by atoms with Gasteiger partial charge in [0.15, 0.2) is 0 Å². The lowest BCUT2D eigenvalue weighted by atomic mass is 9.97. The van der Waals surface area contributed by atoms with Crippen LogP contribution in [0.4, 0.5) is 5.69 Å². The SMILES string of the molecule is CCC(=O)N(CC1CCNCC1)c1ccccc1. The van der Waals surface area contributed by atoms with Gasteiger partial charge in [0, 0.05) is 18.7 Å². The van der Waals surface area contributed by atoms with E-state index in [9.17, 15) is 4.79 Å². The van der Waals surface area contributed by atoms with Crippen LogP contribution >= 0.6 is 0 Å². The van der Waals surface area contributed by atoms with Crippen molar-refractivity contribution in [3.63, 3.8) is 0 Å². The zero-order chi connectivity index (χ0) is 12.8. The third-order valence-corrected chi connectivity index (χ3v) is 3.57. The molecule has 1 amide bonds. The number of para-hydroxylation sites is 1. The normalized spacial score (nSPS) is 16.5. The van der Waals surface area contributed by atoms with Crippen molar-refractivity contribution >= 4 is 11.6 Å². The summed E-state index contributed by atoms with van der Waals surface area (Å²) in [5.41, 5.74) is 1.03. The number of amides is 1. The second-order valence-electron chi connectivity index (χ2n) is 4.89. The van der Waals surface area contributed by atoms with Gasteiger partial charge in [-0.1, -0.05) is 25.1 Å². The van der Waals surface area contributed by atoms with Crippen molar-refractivity contribution in [2.75, 3.05) is 24.5 Å². The van der Waals surface area contributed by atoms with Gasteiger partial charge in [-0.3, -0.25) is 4.79 Å². The van der Waals surface area contributed by atoms with E-state index in [-0.39, 0.29) is 5.91 Å². The molecule has 1 aliphatic heterocycles. The van der Waals surface area contributed by atoms with E-state index in [0.717, 1.165) is 25.3 Å². The number of benzene rings is 1. The molecule has 0 unspecified atom stereocenters. The highest BCUT2D eigenvalue weighted by Crippen LogP contribution is 2.20. The molecule has 0 saturated carbocycles. The first-order valence-electron chi connectivity index (χ1n) is 6.87. The van der Waals surface area contributed by atoms with Crippen LogP contribution in [0.15, 0.2) is 30.3 Å². The third-order valence-electron chi connectivity index (χ3n) is 3.57. The first kappa shape index (κ1) is 13.1. The molecule has 0 bridgehead atoms. The van der Waals surface area contributed by atoms with E-state index >= 15 is 0 Å². The Morgan fingerprint density at radius 3 is 2.56 bits per heavy atom. The molecule has 0 spiro atoms. The maximum Gasteiger partial charge on any atom is 0.226 e. The van der Waals surface area contributed by atoms with Crippen LogP contribution < -0.4 is 10.2 Å². The Morgan fingerprint density at radius 1 is 1.28 bits per heavy atom. The smallest absolute Gasteiger partial charge is 0.226 e. The fourth-order valence-electron chi connectivity index (χ4n) is 2.47. The number of carbonyl (C=O) groups is 1. The summed E-state index contributed by atoms with van der Waals surface area (Å²) in [5.74, 6) is 0.849. The number of nitrogens with zero attached hydrogens (tertiary/aromatic N) is 1. The molecule has 1 aromatic rings. The lowest BCUT2D eigenvalue weighted by molar-refractivity contribution is -0.118. The Balaban J connectivity index is 2.07. The standard InChI is InChI=1S/C15H22N2O/c1-2-15(18)17(14-6-4-3-5-7-14)12-13-8-10-16-11-9-13/h3-7,13,16H,2,8-12H2,1H3. The molecule has 3 heteroatoms. The average Bonchev–Trinajstić information content (AvgIpc) is 2.46. The van der Waals surface area contributed by atoms with Gasteiger partial charge in [0.25, 0.3) is 0 Å². The Bertz CT molecular complexity index is 371. The number of anilines is 1. The van der Waals surface area contributed by atoms with Gasteiger partial charge in [-0.15, -0.1) is 0 Å². The highest BCUT2D eigenvalue weighted by atomic mass is 16.2. The lowest BCUT2D eigenvalue weighted by Gasteiger charge is -2.30. The van der Waals surface area contributed by atoms with Crippen molar-refractivity contribution in [3.8, 4) is 0 Å². The quantitative estimate of drug-likeness (QED) is 0.885. The van der Waals surface area contributed by atoms with Crippen molar-refractivity contribution in [2.45, 2.75) is 26.2 Å². The van der Waals surface area contributed by atoms with Gasteiger partial charge in [0.1, 0.15) is 0 Å². The summed E-state index contributed by atoms with van der Waals surface area (Å²) in [6.45, 7) is 4.94. The summed E-state index contributed by atoms with van der Waals surface area (Å²) in [7, 11) is 0. The third kappa shape index (κ3) is 3.33. The average molecular weight is 246 g/mol. The van der Waals surface area contributed by atoms with Crippen molar-refractivity contribution < 1.29 is 4.79 Å². The Hall–Kier alpha value is -1.35. The van der Waals surface area contributed by atoms with E-state index in [2.05, 4.69) is 5.32 Å². The van der Waals surface area contributed by atoms with Crippen molar-refractivity contribution in [2.24, 2.45) is 5.92 Å². The lowest BCUT2D eigenvalue weighted by Crippen LogP contribution is -2.39. The van der Waals surface area contributed by atoms with E-state index in [1.807, 2.05) is 42.2 Å².